The van der Waals surface area contributed by atoms with Gasteiger partial charge in [-0.1, -0.05) is 0 Å². The minimum atomic E-state index is -1.02. The Hall–Kier alpha value is -1.95. The summed E-state index contributed by atoms with van der Waals surface area (Å²) in [6.07, 6.45) is 4.51. The molecule has 0 aliphatic rings. The van der Waals surface area contributed by atoms with Crippen LogP contribution in [0.4, 0.5) is 0 Å². The van der Waals surface area contributed by atoms with Crippen LogP contribution in [0.2, 0.25) is 0 Å². The molecular formula is C11H10N2O3S. The number of aromatic carboxylic acids is 1. The molecule has 0 saturated carbocycles. The monoisotopic (exact) mass is 250 g/mol. The molecule has 0 fully saturated rings. The van der Waals surface area contributed by atoms with Crippen molar-refractivity contribution in [2.75, 3.05) is 0 Å². The molecule has 0 aliphatic heterocycles. The highest BCUT2D eigenvalue weighted by atomic mass is 32.1. The van der Waals surface area contributed by atoms with Crippen molar-refractivity contribution in [1.29, 1.82) is 0 Å². The zero-order valence-corrected chi connectivity index (χ0v) is 9.90. The zero-order chi connectivity index (χ0) is 12.3. The van der Waals surface area contributed by atoms with Crippen LogP contribution in [-0.2, 0) is 6.61 Å². The van der Waals surface area contributed by atoms with E-state index < -0.39 is 5.97 Å². The topological polar surface area (TPSA) is 72.3 Å². The van der Waals surface area contributed by atoms with Gasteiger partial charge < -0.3 is 9.84 Å². The smallest absolute Gasteiger partial charge is 0.337 e. The van der Waals surface area contributed by atoms with Crippen molar-refractivity contribution in [3.63, 3.8) is 0 Å². The first-order valence-corrected chi connectivity index (χ1v) is 5.69. The summed E-state index contributed by atoms with van der Waals surface area (Å²) in [6, 6.07) is 1.45. The first-order valence-electron chi connectivity index (χ1n) is 4.87. The van der Waals surface area contributed by atoms with E-state index in [4.69, 9.17) is 9.84 Å². The predicted molar refractivity (Wildman–Crippen MR) is 62.4 cm³/mol. The molecule has 1 N–H and O–H groups in total. The zero-order valence-electron chi connectivity index (χ0n) is 9.08. The van der Waals surface area contributed by atoms with E-state index in [1.54, 1.807) is 17.5 Å². The second kappa shape index (κ2) is 4.92. The molecule has 88 valence electrons. The van der Waals surface area contributed by atoms with Crippen molar-refractivity contribution in [3.8, 4) is 5.75 Å². The number of aryl methyl sites for hydroxylation is 1. The highest BCUT2D eigenvalue weighted by molar-refractivity contribution is 7.11. The number of hydrogen-bond acceptors (Lipinski definition) is 5. The summed E-state index contributed by atoms with van der Waals surface area (Å²) in [4.78, 5) is 19.6. The van der Waals surface area contributed by atoms with Crippen LogP contribution in [-0.4, -0.2) is 21.0 Å². The van der Waals surface area contributed by atoms with E-state index in [0.717, 1.165) is 9.88 Å². The molecular weight excluding hydrogens is 240 g/mol. The minimum Gasteiger partial charge on any atom is -0.486 e. The number of ether oxygens (including phenoxy) is 1. The van der Waals surface area contributed by atoms with E-state index >= 15 is 0 Å². The normalized spacial score (nSPS) is 10.2. The molecule has 2 aromatic heterocycles. The van der Waals surface area contributed by atoms with E-state index in [2.05, 4.69) is 9.97 Å². The van der Waals surface area contributed by atoms with Crippen LogP contribution in [0.3, 0.4) is 0 Å². The van der Waals surface area contributed by atoms with Gasteiger partial charge in [0.05, 0.1) is 21.6 Å². The van der Waals surface area contributed by atoms with Crippen molar-refractivity contribution >= 4 is 17.3 Å². The largest absolute Gasteiger partial charge is 0.486 e. The third-order valence-corrected chi connectivity index (χ3v) is 2.90. The molecule has 0 aromatic carbocycles. The number of thiazole rings is 1. The molecule has 0 bridgehead atoms. The summed E-state index contributed by atoms with van der Waals surface area (Å²) in [7, 11) is 0. The van der Waals surface area contributed by atoms with Crippen molar-refractivity contribution in [2.45, 2.75) is 13.5 Å². The van der Waals surface area contributed by atoms with E-state index in [1.807, 2.05) is 6.92 Å². The molecule has 0 aliphatic carbocycles. The average Bonchev–Trinajstić information content (AvgIpc) is 2.73. The van der Waals surface area contributed by atoms with Gasteiger partial charge in [-0.2, -0.15) is 0 Å². The third-order valence-electron chi connectivity index (χ3n) is 2.01. The standard InChI is InChI=1S/C11H10N2O3S/c1-7-13-5-10(17-7)6-16-9-2-8(11(14)15)3-12-4-9/h2-5H,6H2,1H3,(H,14,15). The molecule has 2 aromatic rings. The fraction of sp³-hybridized carbons (Fsp3) is 0.182. The fourth-order valence-electron chi connectivity index (χ4n) is 1.24. The number of pyridine rings is 1. The molecule has 0 amide bonds. The van der Waals surface area contributed by atoms with Gasteiger partial charge in [-0.15, -0.1) is 11.3 Å². The Bertz CT molecular complexity index is 539. The lowest BCUT2D eigenvalue weighted by Crippen LogP contribution is -1.99. The maximum absolute atomic E-state index is 10.7. The Labute approximate surface area is 102 Å². The van der Waals surface area contributed by atoms with E-state index in [9.17, 15) is 4.79 Å². The summed E-state index contributed by atoms with van der Waals surface area (Å²) in [5.74, 6) is -0.576. The summed E-state index contributed by atoms with van der Waals surface area (Å²) >= 11 is 1.54. The van der Waals surface area contributed by atoms with Gasteiger partial charge in [-0.3, -0.25) is 4.98 Å². The maximum Gasteiger partial charge on any atom is 0.337 e. The van der Waals surface area contributed by atoms with Crippen LogP contribution in [0.1, 0.15) is 20.2 Å². The predicted octanol–water partition coefficient (Wildman–Crippen LogP) is 2.12. The van der Waals surface area contributed by atoms with E-state index in [1.165, 1.54) is 18.5 Å². The first-order chi connectivity index (χ1) is 8.15. The molecule has 0 atom stereocenters. The van der Waals surface area contributed by atoms with E-state index in [0.29, 0.717) is 12.4 Å². The lowest BCUT2D eigenvalue weighted by molar-refractivity contribution is 0.0696. The van der Waals surface area contributed by atoms with Gasteiger partial charge in [-0.05, 0) is 13.0 Å². The maximum atomic E-state index is 10.7. The number of hydrogen-bond donors (Lipinski definition) is 1. The summed E-state index contributed by atoms with van der Waals surface area (Å²) in [5.41, 5.74) is 0.114. The Kier molecular flexibility index (Phi) is 3.34. The second-order valence-electron chi connectivity index (χ2n) is 3.35. The SMILES string of the molecule is Cc1ncc(COc2cncc(C(=O)O)c2)s1. The van der Waals surface area contributed by atoms with Gasteiger partial charge in [0.1, 0.15) is 12.4 Å². The molecule has 17 heavy (non-hydrogen) atoms. The van der Waals surface area contributed by atoms with Crippen LogP contribution in [0, 0.1) is 6.92 Å². The van der Waals surface area contributed by atoms with Crippen molar-refractivity contribution in [1.82, 2.24) is 9.97 Å². The third kappa shape index (κ3) is 3.01. The lowest BCUT2D eigenvalue weighted by atomic mass is 10.3. The van der Waals surface area contributed by atoms with Crippen LogP contribution < -0.4 is 4.74 Å². The summed E-state index contributed by atoms with van der Waals surface area (Å²) < 4.78 is 5.44. The molecule has 5 nitrogen and oxygen atoms in total. The molecule has 0 radical (unpaired) electrons. The Morgan fingerprint density at radius 3 is 2.94 bits per heavy atom. The van der Waals surface area contributed by atoms with Crippen molar-refractivity contribution < 1.29 is 14.6 Å². The Morgan fingerprint density at radius 2 is 2.29 bits per heavy atom. The quantitative estimate of drug-likeness (QED) is 0.899. The van der Waals surface area contributed by atoms with Gasteiger partial charge in [0, 0.05) is 12.4 Å². The number of aromatic nitrogens is 2. The second-order valence-corrected chi connectivity index (χ2v) is 4.67. The highest BCUT2D eigenvalue weighted by Crippen LogP contribution is 2.16. The molecule has 6 heteroatoms. The molecule has 0 spiro atoms. The molecule has 0 unspecified atom stereocenters. The van der Waals surface area contributed by atoms with Gasteiger partial charge in [0.25, 0.3) is 0 Å². The van der Waals surface area contributed by atoms with Gasteiger partial charge in [-0.25, -0.2) is 9.78 Å². The first kappa shape index (κ1) is 11.5. The lowest BCUT2D eigenvalue weighted by Gasteiger charge is -2.04. The highest BCUT2D eigenvalue weighted by Gasteiger charge is 2.05. The van der Waals surface area contributed by atoms with Gasteiger partial charge in [0.15, 0.2) is 0 Å². The van der Waals surface area contributed by atoms with Crippen molar-refractivity contribution in [3.05, 3.63) is 40.1 Å². The summed E-state index contributed by atoms with van der Waals surface area (Å²) in [5, 5.41) is 9.77. The van der Waals surface area contributed by atoms with E-state index in [-0.39, 0.29) is 5.56 Å². The number of carbonyl (C=O) groups is 1. The molecule has 2 rings (SSSR count). The van der Waals surface area contributed by atoms with Crippen molar-refractivity contribution in [2.24, 2.45) is 0 Å². The molecule has 0 saturated heterocycles. The molecule has 2 heterocycles. The average molecular weight is 250 g/mol. The van der Waals surface area contributed by atoms with Crippen LogP contribution in [0.25, 0.3) is 0 Å². The minimum absolute atomic E-state index is 0.114. The van der Waals surface area contributed by atoms with Crippen LogP contribution in [0.5, 0.6) is 5.75 Å². The Balaban J connectivity index is 2.04. The van der Waals surface area contributed by atoms with Crippen LogP contribution >= 0.6 is 11.3 Å². The van der Waals surface area contributed by atoms with Crippen LogP contribution in [0.15, 0.2) is 24.7 Å². The fourth-order valence-corrected chi connectivity index (χ4v) is 1.95. The number of carboxylic acids is 1. The summed E-state index contributed by atoms with van der Waals surface area (Å²) in [6.45, 7) is 2.29. The number of carboxylic acid groups (broad SMARTS) is 1. The Morgan fingerprint density at radius 1 is 1.47 bits per heavy atom. The number of rotatable bonds is 4. The van der Waals surface area contributed by atoms with Gasteiger partial charge >= 0.3 is 5.97 Å². The van der Waals surface area contributed by atoms with Gasteiger partial charge in [0.2, 0.25) is 0 Å². The number of nitrogens with zero attached hydrogens (tertiary/aromatic N) is 2.